The zero-order valence-corrected chi connectivity index (χ0v) is 45.5. The van der Waals surface area contributed by atoms with E-state index in [4.69, 9.17) is 51.1 Å². The Morgan fingerprint density at radius 2 is 0.971 bits per heavy atom. The summed E-state index contributed by atoms with van der Waals surface area (Å²) in [6.45, 7) is 27.9. The molecule has 2 atom stereocenters. The van der Waals surface area contributed by atoms with E-state index in [0.717, 1.165) is 11.1 Å². The number of hydrogen-bond donors (Lipinski definition) is 0. The van der Waals surface area contributed by atoms with Crippen molar-refractivity contribution in [3.8, 4) is 0 Å². The Labute approximate surface area is 430 Å². The van der Waals surface area contributed by atoms with Crippen molar-refractivity contribution < 1.29 is 46.3 Å². The molecule has 2 aromatic heterocycles. The van der Waals surface area contributed by atoms with Crippen molar-refractivity contribution in [3.63, 3.8) is 0 Å². The first-order valence-corrected chi connectivity index (χ1v) is 25.1. The number of hydrogen-bond acceptors (Lipinski definition) is 10. The quantitative estimate of drug-likeness (QED) is 0.136. The van der Waals surface area contributed by atoms with Gasteiger partial charge in [0.25, 0.3) is 0 Å². The van der Waals surface area contributed by atoms with Crippen molar-refractivity contribution in [2.75, 3.05) is 9.80 Å². The lowest BCUT2D eigenvalue weighted by molar-refractivity contribution is -0.119. The third kappa shape index (κ3) is 10.8. The molecule has 9 rings (SSSR count). The average Bonchev–Trinajstić information content (AvgIpc) is 3.95. The molecule has 2 aromatic carbocycles. The van der Waals surface area contributed by atoms with E-state index in [1.54, 1.807) is 36.7 Å². The van der Waals surface area contributed by atoms with Crippen LogP contribution in [-0.4, -0.2) is 88.6 Å². The van der Waals surface area contributed by atoms with E-state index in [2.05, 4.69) is 25.9 Å². The van der Waals surface area contributed by atoms with Gasteiger partial charge in [0.05, 0.1) is 57.8 Å². The average molecular weight is 1070 g/mol. The van der Waals surface area contributed by atoms with Crippen molar-refractivity contribution >= 4 is 88.9 Å². The summed E-state index contributed by atoms with van der Waals surface area (Å²) in [5.74, 6) is -1.23. The minimum absolute atomic E-state index is 0.0644. The first-order chi connectivity index (χ1) is 32.3. The van der Waals surface area contributed by atoms with E-state index in [9.17, 15) is 14.0 Å². The number of nitrogens with zero attached hydrogens (tertiary/aromatic N) is 4. The largest absolute Gasteiger partial charge is 0.494 e. The Balaban J connectivity index is 0.000000161. The highest BCUT2D eigenvalue weighted by molar-refractivity contribution is 9.10. The topological polar surface area (TPSA) is 122 Å². The van der Waals surface area contributed by atoms with Crippen molar-refractivity contribution in [2.24, 2.45) is 0 Å². The van der Waals surface area contributed by atoms with Crippen molar-refractivity contribution in [1.29, 1.82) is 0 Å². The third-order valence-corrected chi connectivity index (χ3v) is 16.0. The number of aromatic nitrogens is 2. The molecule has 70 heavy (non-hydrogen) atoms. The first kappa shape index (κ1) is 54.3. The number of anilines is 2. The molecule has 0 bridgehead atoms. The fourth-order valence-electron chi connectivity index (χ4n) is 8.86. The summed E-state index contributed by atoms with van der Waals surface area (Å²) in [5, 5.41) is 0.591. The van der Waals surface area contributed by atoms with Crippen LogP contribution in [0.15, 0.2) is 65.4 Å². The summed E-state index contributed by atoms with van der Waals surface area (Å²) in [6, 6.07) is 13.3. The van der Waals surface area contributed by atoms with E-state index in [0.29, 0.717) is 50.4 Å². The second-order valence-electron chi connectivity index (χ2n) is 21.6. The van der Waals surface area contributed by atoms with Gasteiger partial charge in [-0.15, -0.1) is 0 Å². The molecule has 20 heteroatoms. The molecule has 12 nitrogen and oxygen atoms in total. The minimum Gasteiger partial charge on any atom is -0.405 e. The van der Waals surface area contributed by atoms with Crippen LogP contribution < -0.4 is 15.3 Å². The highest BCUT2D eigenvalue weighted by Gasteiger charge is 2.64. The molecule has 0 saturated carbocycles. The van der Waals surface area contributed by atoms with Gasteiger partial charge >= 0.3 is 21.1 Å². The number of pyridine rings is 2. The molecule has 2 unspecified atom stereocenters. The van der Waals surface area contributed by atoms with E-state index in [1.165, 1.54) is 21.9 Å². The number of carbonyl (C=O) groups is 2. The van der Waals surface area contributed by atoms with Crippen LogP contribution >= 0.6 is 39.1 Å². The molecule has 4 aromatic rings. The minimum atomic E-state index is -0.649. The van der Waals surface area contributed by atoms with Crippen molar-refractivity contribution in [3.05, 3.63) is 110 Å². The Morgan fingerprint density at radius 1 is 0.614 bits per heavy atom. The molecule has 0 aliphatic carbocycles. The number of halogens is 5. The maximum Gasteiger partial charge on any atom is 0.494 e. The van der Waals surface area contributed by atoms with Crippen LogP contribution in [0, 0.1) is 11.6 Å². The lowest BCUT2D eigenvalue weighted by Crippen LogP contribution is -2.41. The van der Waals surface area contributed by atoms with E-state index in [-0.39, 0.29) is 70.1 Å². The van der Waals surface area contributed by atoms with Gasteiger partial charge in [-0.05, 0) is 168 Å². The van der Waals surface area contributed by atoms with Crippen LogP contribution in [0.2, 0.25) is 10.3 Å². The third-order valence-electron chi connectivity index (χ3n) is 14.8. The SMILES string of the molecule is CC1(C)OB(B2OC(C)(C)C(C)(C)O2)OC1(C)C.CC1Cc2cc(B3OC(C)(C)C(C)(C)O3)cc(F)c2N1C(=O)Cc1cccnc1Cl.CC1Cc2cc(Br)cc(F)c2N1C(=O)Cc1cccnc1Cl. The zero-order valence-electron chi connectivity index (χ0n) is 42.4. The number of rotatable bonds is 6. The molecular weight excluding hydrogens is 1010 g/mol. The predicted molar refractivity (Wildman–Crippen MR) is 276 cm³/mol. The Hall–Kier alpha value is -3.45. The smallest absolute Gasteiger partial charge is 0.405 e. The fourth-order valence-corrected chi connectivity index (χ4v) is 9.71. The monoisotopic (exact) mass is 1070 g/mol. The number of amides is 2. The maximum absolute atomic E-state index is 15.2. The second-order valence-corrected chi connectivity index (χ2v) is 23.3. The fraction of sp³-hybridized carbons (Fsp3) is 0.520. The highest BCUT2D eigenvalue weighted by atomic mass is 79.9. The van der Waals surface area contributed by atoms with Gasteiger partial charge < -0.3 is 37.7 Å². The van der Waals surface area contributed by atoms with Gasteiger partial charge in [0.1, 0.15) is 21.9 Å². The molecule has 0 N–H and O–H groups in total. The Kier molecular flexibility index (Phi) is 15.3. The first-order valence-electron chi connectivity index (χ1n) is 23.6. The zero-order chi connectivity index (χ0) is 51.7. The molecule has 5 aliphatic heterocycles. The summed E-state index contributed by atoms with van der Waals surface area (Å²) < 4.78 is 66.2. The standard InChI is InChI=1S/C22H25BClFN2O3.C16H13BrClFN2O.C12H24B2O4/c1-13-9-15-10-16(23-29-21(2,3)22(4,5)30-23)12-17(25)19(15)27(13)18(28)11-14-7-6-8-26-20(14)24;1-9-5-11-6-12(17)8-13(19)15(11)21(9)14(22)7-10-3-2-4-20-16(10)18;1-9(2)10(3,4)16-13(15-9)14-17-11(5,6)12(7,8)18-14/h6-8,10,12-13H,9,11H2,1-5H3;2-4,6,8-9H,5,7H2,1H3;1-8H3. The van der Waals surface area contributed by atoms with Crippen LogP contribution in [0.4, 0.5) is 20.2 Å². The van der Waals surface area contributed by atoms with Gasteiger partial charge in [0.15, 0.2) is 0 Å². The van der Waals surface area contributed by atoms with Crippen LogP contribution in [-0.2, 0) is 63.2 Å². The number of carbonyl (C=O) groups excluding carboxylic acids is 2. The molecule has 3 saturated heterocycles. The molecule has 2 amide bonds. The molecular formula is C50H62B3BrCl2F2N4O8. The highest BCUT2D eigenvalue weighted by Crippen LogP contribution is 2.44. The van der Waals surface area contributed by atoms with Crippen molar-refractivity contribution in [2.45, 2.75) is 168 Å². The Bertz CT molecular complexity index is 2580. The van der Waals surface area contributed by atoms with E-state index < -0.39 is 38.2 Å². The summed E-state index contributed by atoms with van der Waals surface area (Å²) in [6.07, 6.45) is 4.51. The summed E-state index contributed by atoms with van der Waals surface area (Å²) in [7, 11) is -1.60. The van der Waals surface area contributed by atoms with Crippen molar-refractivity contribution in [1.82, 2.24) is 9.97 Å². The van der Waals surface area contributed by atoms with Crippen LogP contribution in [0.1, 0.15) is 119 Å². The second kappa shape index (κ2) is 19.8. The molecule has 5 aliphatic rings. The summed E-state index contributed by atoms with van der Waals surface area (Å²) in [5.41, 5.74) is 1.76. The van der Waals surface area contributed by atoms with Crippen LogP contribution in [0.5, 0.6) is 0 Å². The molecule has 0 spiro atoms. The normalized spacial score (nSPS) is 22.8. The summed E-state index contributed by atoms with van der Waals surface area (Å²) >= 11 is 15.4. The maximum atomic E-state index is 15.2. The summed E-state index contributed by atoms with van der Waals surface area (Å²) in [4.78, 5) is 36.7. The van der Waals surface area contributed by atoms with Gasteiger partial charge in [-0.25, -0.2) is 18.7 Å². The van der Waals surface area contributed by atoms with Crippen LogP contribution in [0.25, 0.3) is 0 Å². The molecule has 0 radical (unpaired) electrons. The molecule has 7 heterocycles. The lowest BCUT2D eigenvalue weighted by atomic mass is 9.49. The van der Waals surface area contributed by atoms with Gasteiger partial charge in [0.2, 0.25) is 11.8 Å². The van der Waals surface area contributed by atoms with E-state index in [1.807, 2.05) is 109 Å². The molecule has 374 valence electrons. The van der Waals surface area contributed by atoms with Gasteiger partial charge in [-0.2, -0.15) is 0 Å². The van der Waals surface area contributed by atoms with E-state index >= 15 is 4.39 Å². The van der Waals surface area contributed by atoms with Crippen LogP contribution in [0.3, 0.4) is 0 Å². The number of benzene rings is 2. The Morgan fingerprint density at radius 3 is 1.36 bits per heavy atom. The molecule has 3 fully saturated rings. The number of fused-ring (bicyclic) bond motifs is 2. The predicted octanol–water partition coefficient (Wildman–Crippen LogP) is 10.1. The van der Waals surface area contributed by atoms with Gasteiger partial charge in [-0.1, -0.05) is 57.3 Å². The van der Waals surface area contributed by atoms with Gasteiger partial charge in [-0.3, -0.25) is 9.59 Å². The lowest BCUT2D eigenvalue weighted by Gasteiger charge is -2.32. The van der Waals surface area contributed by atoms with Gasteiger partial charge in [0, 0.05) is 29.0 Å².